The number of rotatable bonds is 14. The SMILES string of the molecule is COc1ccc(CN2CCN(C(=O)NC(C(=O)O)c3ccc(P(=O)(OCc4ccccc4)OCc4ccccc4)cc3)C(=O)C2)c(Cl)c1OC. The van der Waals surface area contributed by atoms with Gasteiger partial charge in [-0.05, 0) is 40.5 Å². The van der Waals surface area contributed by atoms with Crippen molar-refractivity contribution < 1.29 is 42.6 Å². The van der Waals surface area contributed by atoms with Gasteiger partial charge in [-0.3, -0.25) is 19.2 Å². The van der Waals surface area contributed by atoms with Crippen molar-refractivity contribution in [1.29, 1.82) is 0 Å². The van der Waals surface area contributed by atoms with Gasteiger partial charge in [0, 0.05) is 19.6 Å². The van der Waals surface area contributed by atoms with Gasteiger partial charge in [-0.15, -0.1) is 0 Å². The van der Waals surface area contributed by atoms with E-state index in [2.05, 4.69) is 5.32 Å². The molecule has 0 bridgehead atoms. The quantitative estimate of drug-likeness (QED) is 0.154. The Kier molecular flexibility index (Phi) is 12.3. The van der Waals surface area contributed by atoms with Crippen LogP contribution in [0.2, 0.25) is 5.02 Å². The van der Waals surface area contributed by atoms with Crippen LogP contribution in [-0.2, 0) is 43.0 Å². The average Bonchev–Trinajstić information content (AvgIpc) is 3.13. The molecule has 0 spiro atoms. The van der Waals surface area contributed by atoms with Crippen LogP contribution in [0.25, 0.3) is 0 Å². The number of carboxylic acids is 1. The molecule has 12 nitrogen and oxygen atoms in total. The van der Waals surface area contributed by atoms with Gasteiger partial charge in [0.1, 0.15) is 0 Å². The third kappa shape index (κ3) is 8.90. The molecule has 1 heterocycles. The number of halogens is 1. The van der Waals surface area contributed by atoms with Crippen LogP contribution in [0.15, 0.2) is 97.1 Å². The molecule has 0 aliphatic carbocycles. The number of carbonyl (C=O) groups is 3. The molecule has 1 aliphatic heterocycles. The summed E-state index contributed by atoms with van der Waals surface area (Å²) in [6.07, 6.45) is 0. The summed E-state index contributed by atoms with van der Waals surface area (Å²) in [7, 11) is -0.905. The molecule has 1 aliphatic rings. The fraction of sp³-hybridized carbons (Fsp3) is 0.250. The number of imide groups is 1. The highest BCUT2D eigenvalue weighted by Crippen LogP contribution is 2.49. The molecular formula is C36H37ClN3O9P. The van der Waals surface area contributed by atoms with Crippen LogP contribution in [0, 0.1) is 0 Å². The van der Waals surface area contributed by atoms with Crippen LogP contribution < -0.4 is 20.1 Å². The third-order valence-electron chi connectivity index (χ3n) is 8.05. The molecule has 4 aromatic rings. The highest BCUT2D eigenvalue weighted by molar-refractivity contribution is 7.62. The molecule has 0 radical (unpaired) electrons. The predicted molar refractivity (Wildman–Crippen MR) is 187 cm³/mol. The molecular weight excluding hydrogens is 685 g/mol. The van der Waals surface area contributed by atoms with Crippen molar-refractivity contribution in [2.24, 2.45) is 0 Å². The first-order valence-electron chi connectivity index (χ1n) is 15.6. The summed E-state index contributed by atoms with van der Waals surface area (Å²) in [5.41, 5.74) is 2.49. The Bertz CT molecular complexity index is 1800. The van der Waals surface area contributed by atoms with Gasteiger partial charge in [0.25, 0.3) is 0 Å². The van der Waals surface area contributed by atoms with E-state index >= 15 is 0 Å². The molecule has 50 heavy (non-hydrogen) atoms. The minimum atomic E-state index is -3.89. The zero-order chi connectivity index (χ0) is 35.7. The van der Waals surface area contributed by atoms with E-state index in [1.807, 2.05) is 65.6 Å². The molecule has 5 rings (SSSR count). The molecule has 14 heteroatoms. The summed E-state index contributed by atoms with van der Waals surface area (Å²) < 4.78 is 36.5. The number of aliphatic carboxylic acids is 1. The molecule has 4 aromatic carbocycles. The number of hydrogen-bond acceptors (Lipinski definition) is 9. The molecule has 0 saturated carbocycles. The number of carbonyl (C=O) groups excluding carboxylic acids is 2. The van der Waals surface area contributed by atoms with Crippen LogP contribution in [-0.4, -0.2) is 66.7 Å². The number of ether oxygens (including phenoxy) is 2. The smallest absolute Gasteiger partial charge is 0.361 e. The van der Waals surface area contributed by atoms with E-state index in [0.29, 0.717) is 35.2 Å². The Morgan fingerprint density at radius 1 is 0.860 bits per heavy atom. The number of carboxylic acid groups (broad SMARTS) is 1. The Labute approximate surface area is 295 Å². The van der Waals surface area contributed by atoms with Crippen LogP contribution in [0.3, 0.4) is 0 Å². The number of benzene rings is 4. The van der Waals surface area contributed by atoms with Crippen molar-refractivity contribution in [2.45, 2.75) is 25.8 Å². The lowest BCUT2D eigenvalue weighted by Gasteiger charge is -2.33. The second-order valence-corrected chi connectivity index (χ2v) is 13.8. The maximum Gasteiger partial charge on any atom is 0.361 e. The van der Waals surface area contributed by atoms with Crippen LogP contribution in [0.4, 0.5) is 4.79 Å². The lowest BCUT2D eigenvalue weighted by molar-refractivity contribution is -0.140. The van der Waals surface area contributed by atoms with Gasteiger partial charge in [-0.25, -0.2) is 9.59 Å². The molecule has 1 unspecified atom stereocenters. The highest BCUT2D eigenvalue weighted by Gasteiger charge is 2.33. The summed E-state index contributed by atoms with van der Waals surface area (Å²) >= 11 is 6.51. The van der Waals surface area contributed by atoms with Crippen LogP contribution in [0.1, 0.15) is 28.3 Å². The molecule has 3 amide bonds. The van der Waals surface area contributed by atoms with Crippen molar-refractivity contribution >= 4 is 42.4 Å². The van der Waals surface area contributed by atoms with E-state index in [1.54, 1.807) is 12.1 Å². The second-order valence-electron chi connectivity index (χ2n) is 11.4. The topological polar surface area (TPSA) is 144 Å². The normalized spacial score (nSPS) is 14.2. The third-order valence-corrected chi connectivity index (χ3v) is 10.3. The number of methoxy groups -OCH3 is 2. The number of hydrogen-bond donors (Lipinski definition) is 2. The fourth-order valence-electron chi connectivity index (χ4n) is 5.36. The second kappa shape index (κ2) is 16.8. The largest absolute Gasteiger partial charge is 0.493 e. The van der Waals surface area contributed by atoms with Crippen LogP contribution >= 0.6 is 19.2 Å². The van der Waals surface area contributed by atoms with E-state index in [4.69, 9.17) is 30.1 Å². The Morgan fingerprint density at radius 3 is 1.98 bits per heavy atom. The Hall–Kier alpha value is -4.71. The van der Waals surface area contributed by atoms with Gasteiger partial charge < -0.3 is 28.9 Å². The number of nitrogens with zero attached hydrogens (tertiary/aromatic N) is 2. The molecule has 1 fully saturated rings. The summed E-state index contributed by atoms with van der Waals surface area (Å²) in [6.45, 7) is 0.624. The number of nitrogens with one attached hydrogen (secondary N) is 1. The molecule has 0 aromatic heterocycles. The van der Waals surface area contributed by atoms with Crippen molar-refractivity contribution in [3.05, 3.63) is 124 Å². The minimum absolute atomic E-state index is 0.0189. The lowest BCUT2D eigenvalue weighted by atomic mass is 10.1. The van der Waals surface area contributed by atoms with E-state index in [0.717, 1.165) is 16.0 Å². The fourth-order valence-corrected chi connectivity index (χ4v) is 7.17. The Morgan fingerprint density at radius 2 is 1.46 bits per heavy atom. The first-order valence-corrected chi connectivity index (χ1v) is 17.6. The van der Waals surface area contributed by atoms with Gasteiger partial charge >= 0.3 is 19.6 Å². The van der Waals surface area contributed by atoms with Gasteiger partial charge in [0.2, 0.25) is 5.91 Å². The van der Waals surface area contributed by atoms with E-state index in [9.17, 15) is 24.1 Å². The van der Waals surface area contributed by atoms with Crippen LogP contribution in [0.5, 0.6) is 11.5 Å². The number of urea groups is 1. The van der Waals surface area contributed by atoms with Gasteiger partial charge in [-0.2, -0.15) is 0 Å². The van der Waals surface area contributed by atoms with Crippen molar-refractivity contribution in [3.63, 3.8) is 0 Å². The van der Waals surface area contributed by atoms with Gasteiger partial charge in [0.05, 0.1) is 44.3 Å². The Balaban J connectivity index is 1.25. The lowest BCUT2D eigenvalue weighted by Crippen LogP contribution is -2.55. The summed E-state index contributed by atoms with van der Waals surface area (Å²) in [4.78, 5) is 41.4. The summed E-state index contributed by atoms with van der Waals surface area (Å²) in [5, 5.41) is 13.1. The highest BCUT2D eigenvalue weighted by atomic mass is 35.5. The molecule has 1 saturated heterocycles. The minimum Gasteiger partial charge on any atom is -0.493 e. The van der Waals surface area contributed by atoms with Crippen molar-refractivity contribution in [3.8, 4) is 11.5 Å². The van der Waals surface area contributed by atoms with E-state index < -0.39 is 31.5 Å². The van der Waals surface area contributed by atoms with E-state index in [1.165, 1.54) is 38.5 Å². The molecule has 2 N–H and O–H groups in total. The van der Waals surface area contributed by atoms with Gasteiger partial charge in [-0.1, -0.05) is 90.5 Å². The van der Waals surface area contributed by atoms with Gasteiger partial charge in [0.15, 0.2) is 17.5 Å². The predicted octanol–water partition coefficient (Wildman–Crippen LogP) is 5.79. The first-order chi connectivity index (χ1) is 24.1. The zero-order valence-corrected chi connectivity index (χ0v) is 29.1. The maximum atomic E-state index is 14.1. The summed E-state index contributed by atoms with van der Waals surface area (Å²) in [5.74, 6) is -0.991. The van der Waals surface area contributed by atoms with Crippen molar-refractivity contribution in [2.75, 3.05) is 33.9 Å². The first kappa shape index (κ1) is 36.6. The average molecular weight is 722 g/mol. The van der Waals surface area contributed by atoms with Crippen molar-refractivity contribution in [1.82, 2.24) is 15.1 Å². The number of amides is 3. The maximum absolute atomic E-state index is 14.1. The number of piperazine rings is 1. The summed E-state index contributed by atoms with van der Waals surface area (Å²) in [6, 6.07) is 25.4. The standard InChI is InChI=1S/C36H37ClN3O9P/c1-46-30-18-15-28(32(37)34(30)47-2)21-39-19-20-40(31(41)22-39)36(44)38-33(35(42)43)27-13-16-29(17-14-27)50(45,48-23-25-9-5-3-6-10-25)49-24-26-11-7-4-8-12-26/h3-18,33H,19-24H2,1-2H3,(H,38,44)(H,42,43). The monoisotopic (exact) mass is 721 g/mol. The zero-order valence-electron chi connectivity index (χ0n) is 27.5. The van der Waals surface area contributed by atoms with E-state index in [-0.39, 0.29) is 37.2 Å². The molecule has 1 atom stereocenters. The molecule has 262 valence electrons.